The van der Waals surface area contributed by atoms with E-state index in [-0.39, 0.29) is 17.9 Å². The molecule has 4 rings (SSSR count). The largest absolute Gasteiger partial charge is 0.343 e. The van der Waals surface area contributed by atoms with Gasteiger partial charge in [0.15, 0.2) is 0 Å². The van der Waals surface area contributed by atoms with Crippen molar-refractivity contribution >= 4 is 11.8 Å². The van der Waals surface area contributed by atoms with Gasteiger partial charge < -0.3 is 9.80 Å². The molecule has 2 amide bonds. The number of rotatable bonds is 7. The molecule has 170 valence electrons. The molecule has 3 aliphatic rings. The van der Waals surface area contributed by atoms with Gasteiger partial charge in [0.25, 0.3) is 5.91 Å². The van der Waals surface area contributed by atoms with Crippen LogP contribution in [-0.2, 0) is 4.79 Å². The molecule has 31 heavy (non-hydrogen) atoms. The third-order valence-electron chi connectivity index (χ3n) is 7.85. The molecule has 0 N–H and O–H groups in total. The first-order chi connectivity index (χ1) is 15.1. The zero-order valence-corrected chi connectivity index (χ0v) is 19.2. The number of amides is 2. The zero-order valence-electron chi connectivity index (χ0n) is 19.2. The minimum atomic E-state index is 0.120. The SMILES string of the molecule is CCN(CC)C(=O)CCC[C@@H]1[C@H]2CCCN3CCC[C@@H](CN1C(=O)c1cccnc1)[C@@H]23. The van der Waals surface area contributed by atoms with Crippen LogP contribution in [0.25, 0.3) is 0 Å². The van der Waals surface area contributed by atoms with Gasteiger partial charge in [-0.1, -0.05) is 0 Å². The summed E-state index contributed by atoms with van der Waals surface area (Å²) >= 11 is 0. The summed E-state index contributed by atoms with van der Waals surface area (Å²) in [4.78, 5) is 37.1. The Kier molecular flexibility index (Phi) is 7.26. The second kappa shape index (κ2) is 10.1. The maximum atomic E-state index is 13.5. The average molecular weight is 427 g/mol. The highest BCUT2D eigenvalue weighted by atomic mass is 16.2. The predicted molar refractivity (Wildman–Crippen MR) is 122 cm³/mol. The lowest BCUT2D eigenvalue weighted by Gasteiger charge is -2.57. The highest BCUT2D eigenvalue weighted by Crippen LogP contribution is 2.43. The molecule has 4 heterocycles. The van der Waals surface area contributed by atoms with Crippen molar-refractivity contribution in [1.82, 2.24) is 19.7 Å². The lowest BCUT2D eigenvalue weighted by molar-refractivity contribution is -0.131. The van der Waals surface area contributed by atoms with Gasteiger partial charge in [-0.3, -0.25) is 19.5 Å². The summed E-state index contributed by atoms with van der Waals surface area (Å²) in [5.74, 6) is 1.46. The first kappa shape index (κ1) is 22.3. The van der Waals surface area contributed by atoms with E-state index in [0.29, 0.717) is 29.9 Å². The van der Waals surface area contributed by atoms with Crippen molar-refractivity contribution in [3.8, 4) is 0 Å². The number of hydrogen-bond acceptors (Lipinski definition) is 4. The van der Waals surface area contributed by atoms with Crippen molar-refractivity contribution in [2.24, 2.45) is 11.8 Å². The van der Waals surface area contributed by atoms with E-state index in [4.69, 9.17) is 0 Å². The Balaban J connectivity index is 1.53. The maximum absolute atomic E-state index is 13.5. The molecule has 0 radical (unpaired) electrons. The highest BCUT2D eigenvalue weighted by Gasteiger charge is 2.49. The summed E-state index contributed by atoms with van der Waals surface area (Å²) in [5, 5.41) is 0. The van der Waals surface area contributed by atoms with Gasteiger partial charge in [0.05, 0.1) is 5.56 Å². The molecule has 0 unspecified atom stereocenters. The third kappa shape index (κ3) is 4.64. The van der Waals surface area contributed by atoms with E-state index in [1.807, 2.05) is 30.9 Å². The third-order valence-corrected chi connectivity index (χ3v) is 7.85. The Morgan fingerprint density at radius 2 is 1.94 bits per heavy atom. The molecule has 3 aliphatic heterocycles. The minimum absolute atomic E-state index is 0.120. The molecular weight excluding hydrogens is 388 g/mol. The molecule has 0 aromatic carbocycles. The molecular formula is C25H38N4O2. The summed E-state index contributed by atoms with van der Waals surface area (Å²) < 4.78 is 0. The first-order valence-corrected chi connectivity index (χ1v) is 12.4. The average Bonchev–Trinajstić information content (AvgIpc) is 2.81. The number of aromatic nitrogens is 1. The van der Waals surface area contributed by atoms with Crippen LogP contribution in [0.1, 0.15) is 69.2 Å². The Morgan fingerprint density at radius 1 is 1.16 bits per heavy atom. The smallest absolute Gasteiger partial charge is 0.255 e. The zero-order chi connectivity index (χ0) is 21.8. The fourth-order valence-electron chi connectivity index (χ4n) is 6.45. The van der Waals surface area contributed by atoms with Gasteiger partial charge in [-0.2, -0.15) is 0 Å². The molecule has 1 aromatic rings. The van der Waals surface area contributed by atoms with E-state index in [0.717, 1.165) is 32.5 Å². The number of hydrogen-bond donors (Lipinski definition) is 0. The van der Waals surface area contributed by atoms with Gasteiger partial charge in [0.1, 0.15) is 0 Å². The van der Waals surface area contributed by atoms with Crippen LogP contribution in [0.4, 0.5) is 0 Å². The first-order valence-electron chi connectivity index (χ1n) is 12.4. The number of carbonyl (C=O) groups is 2. The van der Waals surface area contributed by atoms with Crippen molar-refractivity contribution in [2.75, 3.05) is 32.7 Å². The molecule has 0 bridgehead atoms. The fraction of sp³-hybridized carbons (Fsp3) is 0.720. The molecule has 0 saturated carbocycles. The van der Waals surface area contributed by atoms with Gasteiger partial charge in [0.2, 0.25) is 5.91 Å². The predicted octanol–water partition coefficient (Wildman–Crippen LogP) is 3.44. The monoisotopic (exact) mass is 426 g/mol. The number of likely N-dealkylation sites (tertiary alicyclic amines) is 1. The van der Waals surface area contributed by atoms with Gasteiger partial charge in [-0.15, -0.1) is 0 Å². The van der Waals surface area contributed by atoms with Crippen LogP contribution in [0, 0.1) is 11.8 Å². The van der Waals surface area contributed by atoms with Gasteiger partial charge in [-0.25, -0.2) is 0 Å². The Morgan fingerprint density at radius 3 is 2.65 bits per heavy atom. The van der Waals surface area contributed by atoms with Gasteiger partial charge in [-0.05, 0) is 89.4 Å². The van der Waals surface area contributed by atoms with Gasteiger partial charge >= 0.3 is 0 Å². The summed E-state index contributed by atoms with van der Waals surface area (Å²) in [6.45, 7) is 8.88. The van der Waals surface area contributed by atoms with Crippen molar-refractivity contribution in [3.63, 3.8) is 0 Å². The summed E-state index contributed by atoms with van der Waals surface area (Å²) in [6, 6.07) is 4.57. The second-order valence-electron chi connectivity index (χ2n) is 9.46. The van der Waals surface area contributed by atoms with Crippen molar-refractivity contribution in [3.05, 3.63) is 30.1 Å². The van der Waals surface area contributed by atoms with E-state index in [9.17, 15) is 9.59 Å². The fourth-order valence-corrected chi connectivity index (χ4v) is 6.45. The topological polar surface area (TPSA) is 56.8 Å². The number of pyridine rings is 1. The van der Waals surface area contributed by atoms with E-state index in [1.165, 1.54) is 38.8 Å². The van der Waals surface area contributed by atoms with Crippen LogP contribution in [0.3, 0.4) is 0 Å². The van der Waals surface area contributed by atoms with Crippen molar-refractivity contribution in [2.45, 2.75) is 70.9 Å². The molecule has 0 spiro atoms. The molecule has 6 heteroatoms. The molecule has 3 fully saturated rings. The summed E-state index contributed by atoms with van der Waals surface area (Å²) in [7, 11) is 0. The highest BCUT2D eigenvalue weighted by molar-refractivity contribution is 5.94. The Labute approximate surface area is 187 Å². The van der Waals surface area contributed by atoms with Crippen molar-refractivity contribution in [1.29, 1.82) is 0 Å². The molecule has 6 nitrogen and oxygen atoms in total. The normalized spacial score (nSPS) is 28.1. The molecule has 1 aromatic heterocycles. The van der Waals surface area contributed by atoms with Crippen molar-refractivity contribution < 1.29 is 9.59 Å². The minimum Gasteiger partial charge on any atom is -0.343 e. The van der Waals surface area contributed by atoms with Crippen LogP contribution < -0.4 is 0 Å². The molecule has 0 aliphatic carbocycles. The molecule has 3 saturated heterocycles. The van der Waals surface area contributed by atoms with Crippen LogP contribution in [0.15, 0.2) is 24.5 Å². The lowest BCUT2D eigenvalue weighted by atomic mass is 9.69. The maximum Gasteiger partial charge on any atom is 0.255 e. The Hall–Kier alpha value is -1.95. The number of carbonyl (C=O) groups excluding carboxylic acids is 2. The van der Waals surface area contributed by atoms with E-state index in [2.05, 4.69) is 14.8 Å². The summed E-state index contributed by atoms with van der Waals surface area (Å²) in [6.07, 6.45) is 10.7. The standard InChI is InChI=1S/C25H38N4O2/c1-3-27(4-2)23(30)13-5-12-22-21-11-8-16-28-15-7-10-20(24(21)28)18-29(22)25(31)19-9-6-14-26-17-19/h6,9,14,17,20-22,24H,3-5,7-8,10-13,15-16,18H2,1-2H3/t20-,21+,22+,24-/m0/s1. The van der Waals surface area contributed by atoms with Crippen LogP contribution in [-0.4, -0.2) is 76.3 Å². The number of piperidine rings is 3. The number of nitrogens with zero attached hydrogens (tertiary/aromatic N) is 4. The van der Waals surface area contributed by atoms with Gasteiger partial charge in [0, 0.05) is 50.5 Å². The van der Waals surface area contributed by atoms with Crippen LogP contribution in [0.2, 0.25) is 0 Å². The van der Waals surface area contributed by atoms with E-state index in [1.54, 1.807) is 12.4 Å². The van der Waals surface area contributed by atoms with E-state index >= 15 is 0 Å². The lowest BCUT2D eigenvalue weighted by Crippen LogP contribution is -2.65. The van der Waals surface area contributed by atoms with Crippen LogP contribution >= 0.6 is 0 Å². The molecule has 4 atom stereocenters. The quantitative estimate of drug-likeness (QED) is 0.670. The summed E-state index contributed by atoms with van der Waals surface area (Å²) in [5.41, 5.74) is 0.689. The van der Waals surface area contributed by atoms with E-state index < -0.39 is 0 Å². The Bertz CT molecular complexity index is 749. The second-order valence-corrected chi connectivity index (χ2v) is 9.46. The van der Waals surface area contributed by atoms with Crippen LogP contribution in [0.5, 0.6) is 0 Å².